The van der Waals surface area contributed by atoms with E-state index in [2.05, 4.69) is 31.9 Å². The van der Waals surface area contributed by atoms with Crippen LogP contribution in [0.25, 0.3) is 0 Å². The van der Waals surface area contributed by atoms with E-state index in [0.717, 1.165) is 17.5 Å². The van der Waals surface area contributed by atoms with Crippen LogP contribution in [0.2, 0.25) is 0 Å². The summed E-state index contributed by atoms with van der Waals surface area (Å²) in [5.41, 5.74) is -0.371. The highest BCUT2D eigenvalue weighted by Crippen LogP contribution is 2.36. The lowest BCUT2D eigenvalue weighted by atomic mass is 9.99. The summed E-state index contributed by atoms with van der Waals surface area (Å²) in [7, 11) is 0. The third-order valence-corrected chi connectivity index (χ3v) is 4.19. The minimum absolute atomic E-state index is 0.0676. The van der Waals surface area contributed by atoms with Gasteiger partial charge in [0.25, 0.3) is 0 Å². The van der Waals surface area contributed by atoms with E-state index in [0.29, 0.717) is 12.5 Å². The lowest BCUT2D eigenvalue weighted by molar-refractivity contribution is -0.386. The highest BCUT2D eigenvalue weighted by Gasteiger charge is 2.22. The normalized spacial score (nSPS) is 12.5. The van der Waals surface area contributed by atoms with Crippen LogP contribution in [0, 0.1) is 27.8 Å². The van der Waals surface area contributed by atoms with Crippen LogP contribution in [0.1, 0.15) is 13.8 Å². The monoisotopic (exact) mass is 397 g/mol. The maximum atomic E-state index is 13.2. The standard InChI is InChI=1S/C12H14Br2FNO3/c1-7(2)8(5-13)6-19-12-10(14)3-9(15)4-11(12)16(17)18/h3-4,7-8H,5-6H2,1-2H3. The summed E-state index contributed by atoms with van der Waals surface area (Å²) >= 11 is 6.48. The molecule has 0 bridgehead atoms. The molecule has 0 radical (unpaired) electrons. The Morgan fingerprint density at radius 3 is 2.58 bits per heavy atom. The Balaban J connectivity index is 2.97. The van der Waals surface area contributed by atoms with E-state index in [-0.39, 0.29) is 21.8 Å². The Morgan fingerprint density at radius 1 is 1.47 bits per heavy atom. The number of ether oxygens (including phenoxy) is 1. The molecule has 0 saturated carbocycles. The zero-order valence-electron chi connectivity index (χ0n) is 10.5. The summed E-state index contributed by atoms with van der Waals surface area (Å²) in [6, 6.07) is 2.01. The highest BCUT2D eigenvalue weighted by atomic mass is 79.9. The van der Waals surface area contributed by atoms with Crippen molar-refractivity contribution in [1.82, 2.24) is 0 Å². The molecule has 0 fully saturated rings. The number of hydrogen-bond acceptors (Lipinski definition) is 3. The zero-order valence-corrected chi connectivity index (χ0v) is 13.7. The van der Waals surface area contributed by atoms with E-state index in [4.69, 9.17) is 4.74 Å². The molecule has 1 atom stereocenters. The van der Waals surface area contributed by atoms with Crippen molar-refractivity contribution in [2.75, 3.05) is 11.9 Å². The van der Waals surface area contributed by atoms with Crippen molar-refractivity contribution in [3.8, 4) is 5.75 Å². The topological polar surface area (TPSA) is 52.4 Å². The average molecular weight is 399 g/mol. The lowest BCUT2D eigenvalue weighted by Crippen LogP contribution is -2.19. The van der Waals surface area contributed by atoms with Gasteiger partial charge in [0.1, 0.15) is 5.82 Å². The molecule has 0 spiro atoms. The van der Waals surface area contributed by atoms with Crippen molar-refractivity contribution >= 4 is 37.5 Å². The Hall–Kier alpha value is -0.690. The second kappa shape index (κ2) is 7.19. The fourth-order valence-corrected chi connectivity index (χ4v) is 2.90. The number of alkyl halides is 1. The highest BCUT2D eigenvalue weighted by molar-refractivity contribution is 9.10. The van der Waals surface area contributed by atoms with Gasteiger partial charge in [-0.25, -0.2) is 4.39 Å². The first-order chi connectivity index (χ1) is 8.86. The molecule has 0 aliphatic rings. The van der Waals surface area contributed by atoms with Gasteiger partial charge in [-0.15, -0.1) is 0 Å². The van der Waals surface area contributed by atoms with Crippen molar-refractivity contribution in [2.24, 2.45) is 11.8 Å². The van der Waals surface area contributed by atoms with Crippen molar-refractivity contribution < 1.29 is 14.1 Å². The molecule has 1 unspecified atom stereocenters. The fraction of sp³-hybridized carbons (Fsp3) is 0.500. The molecule has 1 aromatic carbocycles. The Morgan fingerprint density at radius 2 is 2.11 bits per heavy atom. The number of nitro benzene ring substituents is 1. The molecule has 0 heterocycles. The van der Waals surface area contributed by atoms with Crippen molar-refractivity contribution in [2.45, 2.75) is 13.8 Å². The van der Waals surface area contributed by atoms with Gasteiger partial charge in [-0.2, -0.15) is 0 Å². The molecule has 0 saturated heterocycles. The first kappa shape index (κ1) is 16.4. The van der Waals surface area contributed by atoms with Gasteiger partial charge in [0.05, 0.1) is 22.1 Å². The molecule has 0 aromatic heterocycles. The maximum Gasteiger partial charge on any atom is 0.315 e. The number of benzene rings is 1. The minimum atomic E-state index is -0.674. The van der Waals surface area contributed by atoms with Crippen LogP contribution in [-0.4, -0.2) is 16.9 Å². The second-order valence-corrected chi connectivity index (χ2v) is 5.96. The van der Waals surface area contributed by atoms with Gasteiger partial charge in [0.2, 0.25) is 5.75 Å². The molecule has 19 heavy (non-hydrogen) atoms. The number of halogens is 3. The maximum absolute atomic E-state index is 13.2. The molecule has 1 rings (SSSR count). The first-order valence-corrected chi connectivity index (χ1v) is 7.60. The van der Waals surface area contributed by atoms with Gasteiger partial charge in [-0.1, -0.05) is 29.8 Å². The molecule has 0 N–H and O–H groups in total. The minimum Gasteiger partial charge on any atom is -0.486 e. The molecule has 4 nitrogen and oxygen atoms in total. The van der Waals surface area contributed by atoms with Gasteiger partial charge in [-0.3, -0.25) is 10.1 Å². The van der Waals surface area contributed by atoms with Crippen LogP contribution >= 0.6 is 31.9 Å². The number of nitrogens with zero attached hydrogens (tertiary/aromatic N) is 1. The third-order valence-electron chi connectivity index (χ3n) is 2.77. The predicted octanol–water partition coefficient (Wildman–Crippen LogP) is 4.54. The summed E-state index contributed by atoms with van der Waals surface area (Å²) < 4.78 is 18.9. The lowest BCUT2D eigenvalue weighted by Gasteiger charge is -2.19. The van der Waals surface area contributed by atoms with E-state index in [9.17, 15) is 14.5 Å². The summed E-state index contributed by atoms with van der Waals surface area (Å²) in [6.07, 6.45) is 0. The predicted molar refractivity (Wildman–Crippen MR) is 78.4 cm³/mol. The van der Waals surface area contributed by atoms with Gasteiger partial charge in [-0.05, 0) is 27.9 Å². The molecular formula is C12H14Br2FNO3. The first-order valence-electron chi connectivity index (χ1n) is 5.69. The number of rotatable bonds is 6. The Labute approximate surface area is 127 Å². The van der Waals surface area contributed by atoms with Crippen molar-refractivity contribution in [3.63, 3.8) is 0 Å². The van der Waals surface area contributed by atoms with Crippen LogP contribution in [0.5, 0.6) is 5.75 Å². The smallest absolute Gasteiger partial charge is 0.315 e. The molecular weight excluding hydrogens is 385 g/mol. The van der Waals surface area contributed by atoms with Crippen LogP contribution in [-0.2, 0) is 0 Å². The molecule has 0 amide bonds. The summed E-state index contributed by atoms with van der Waals surface area (Å²) in [5, 5.41) is 11.6. The van der Waals surface area contributed by atoms with E-state index in [1.807, 2.05) is 13.8 Å². The molecule has 1 aromatic rings. The number of nitro groups is 1. The average Bonchev–Trinajstić information content (AvgIpc) is 2.30. The zero-order chi connectivity index (χ0) is 14.6. The van der Waals surface area contributed by atoms with Crippen molar-refractivity contribution in [1.29, 1.82) is 0 Å². The van der Waals surface area contributed by atoms with Gasteiger partial charge < -0.3 is 4.74 Å². The van der Waals surface area contributed by atoms with E-state index in [1.54, 1.807) is 0 Å². The molecule has 106 valence electrons. The van der Waals surface area contributed by atoms with Crippen molar-refractivity contribution in [3.05, 3.63) is 32.5 Å². The fourth-order valence-electron chi connectivity index (χ4n) is 1.43. The van der Waals surface area contributed by atoms with Gasteiger partial charge >= 0.3 is 5.69 Å². The third kappa shape index (κ3) is 4.42. The Kier molecular flexibility index (Phi) is 6.19. The quantitative estimate of drug-likeness (QED) is 0.401. The van der Waals surface area contributed by atoms with Crippen LogP contribution in [0.4, 0.5) is 10.1 Å². The van der Waals surface area contributed by atoms with E-state index >= 15 is 0 Å². The molecule has 7 heteroatoms. The van der Waals surface area contributed by atoms with Crippen LogP contribution < -0.4 is 4.74 Å². The summed E-state index contributed by atoms with van der Waals surface area (Å²) in [6.45, 7) is 4.42. The summed E-state index contributed by atoms with van der Waals surface area (Å²) in [5.74, 6) is -0.0148. The number of hydrogen-bond donors (Lipinski definition) is 0. The largest absolute Gasteiger partial charge is 0.486 e. The van der Waals surface area contributed by atoms with Crippen LogP contribution in [0.3, 0.4) is 0 Å². The summed E-state index contributed by atoms with van der Waals surface area (Å²) in [4.78, 5) is 10.3. The Bertz CT molecular complexity index is 469. The SMILES string of the molecule is CC(C)C(CBr)COc1c(Br)cc(F)cc1[N+](=O)[O-]. The van der Waals surface area contributed by atoms with E-state index in [1.165, 1.54) is 0 Å². The van der Waals surface area contributed by atoms with Gasteiger partial charge in [0.15, 0.2) is 0 Å². The molecule has 0 aliphatic heterocycles. The second-order valence-electron chi connectivity index (χ2n) is 4.46. The van der Waals surface area contributed by atoms with Crippen LogP contribution in [0.15, 0.2) is 16.6 Å². The van der Waals surface area contributed by atoms with E-state index < -0.39 is 10.7 Å². The molecule has 0 aliphatic carbocycles. The van der Waals surface area contributed by atoms with Gasteiger partial charge in [0, 0.05) is 11.2 Å².